The van der Waals surface area contributed by atoms with E-state index in [9.17, 15) is 13.2 Å². The molecule has 1 saturated heterocycles. The maximum Gasteiger partial charge on any atom is 0.317 e. The van der Waals surface area contributed by atoms with Gasteiger partial charge in [0.05, 0.1) is 12.7 Å². The first kappa shape index (κ1) is 13.0. The fourth-order valence-corrected chi connectivity index (χ4v) is 2.07. The van der Waals surface area contributed by atoms with Crippen molar-refractivity contribution in [3.8, 4) is 6.01 Å². The van der Waals surface area contributed by atoms with Gasteiger partial charge in [0.2, 0.25) is 0 Å². The number of pyridine rings is 1. The quantitative estimate of drug-likeness (QED) is 0.926. The molecule has 2 aromatic heterocycles. The van der Waals surface area contributed by atoms with E-state index in [2.05, 4.69) is 20.3 Å². The number of ether oxygens (including phenoxy) is 1. The van der Waals surface area contributed by atoms with Gasteiger partial charge in [0.1, 0.15) is 12.1 Å². The normalized spacial score (nSPS) is 21.2. The minimum atomic E-state index is -2.71. The SMILES string of the molecule is Fc1cncc2cnc(OC[C@@H]3CC(F)(F)CN3)nc12. The Balaban J connectivity index is 1.71. The van der Waals surface area contributed by atoms with Gasteiger partial charge in [-0.2, -0.15) is 4.98 Å². The lowest BCUT2D eigenvalue weighted by atomic mass is 10.2. The van der Waals surface area contributed by atoms with Crippen LogP contribution in [0.25, 0.3) is 10.9 Å². The summed E-state index contributed by atoms with van der Waals surface area (Å²) in [6, 6.07) is -0.508. The van der Waals surface area contributed by atoms with Crippen LogP contribution in [0.15, 0.2) is 18.6 Å². The molecule has 20 heavy (non-hydrogen) atoms. The van der Waals surface area contributed by atoms with Crippen LogP contribution >= 0.6 is 0 Å². The molecule has 0 aliphatic carbocycles. The molecule has 1 atom stereocenters. The average molecular weight is 284 g/mol. The summed E-state index contributed by atoms with van der Waals surface area (Å²) in [5, 5.41) is 3.10. The molecule has 2 aromatic rings. The topological polar surface area (TPSA) is 59.9 Å². The van der Waals surface area contributed by atoms with E-state index in [-0.39, 0.29) is 31.1 Å². The largest absolute Gasteiger partial charge is 0.462 e. The Morgan fingerprint density at radius 3 is 2.95 bits per heavy atom. The summed E-state index contributed by atoms with van der Waals surface area (Å²) in [6.45, 7) is -0.353. The standard InChI is InChI=1S/C12H11F3N4O/c13-9-4-16-2-7-3-17-11(19-10(7)9)20-5-8-1-12(14,15)6-18-8/h2-4,8,18H,1,5-6H2/t8-/m0/s1. The number of fused-ring (bicyclic) bond motifs is 1. The zero-order valence-electron chi connectivity index (χ0n) is 10.3. The van der Waals surface area contributed by atoms with Crippen molar-refractivity contribution < 1.29 is 17.9 Å². The molecule has 1 fully saturated rings. The van der Waals surface area contributed by atoms with E-state index < -0.39 is 17.8 Å². The maximum atomic E-state index is 13.5. The Morgan fingerprint density at radius 1 is 1.35 bits per heavy atom. The predicted octanol–water partition coefficient (Wildman–Crippen LogP) is 1.54. The summed E-state index contributed by atoms with van der Waals surface area (Å²) in [7, 11) is 0. The molecule has 1 aliphatic rings. The lowest BCUT2D eigenvalue weighted by Crippen LogP contribution is -2.28. The van der Waals surface area contributed by atoms with Crippen LogP contribution in [0.5, 0.6) is 6.01 Å². The van der Waals surface area contributed by atoms with Gasteiger partial charge in [-0.3, -0.25) is 4.98 Å². The molecule has 1 N–H and O–H groups in total. The second-order valence-electron chi connectivity index (χ2n) is 4.66. The molecule has 0 bridgehead atoms. The summed E-state index contributed by atoms with van der Waals surface area (Å²) in [4.78, 5) is 11.5. The fourth-order valence-electron chi connectivity index (χ4n) is 2.07. The van der Waals surface area contributed by atoms with E-state index in [0.717, 1.165) is 6.20 Å². The Kier molecular flexibility index (Phi) is 3.17. The maximum absolute atomic E-state index is 13.5. The Morgan fingerprint density at radius 2 is 2.20 bits per heavy atom. The van der Waals surface area contributed by atoms with Crippen LogP contribution in [0.3, 0.4) is 0 Å². The molecule has 8 heteroatoms. The monoisotopic (exact) mass is 284 g/mol. The highest BCUT2D eigenvalue weighted by atomic mass is 19.3. The van der Waals surface area contributed by atoms with Gasteiger partial charge in [-0.05, 0) is 0 Å². The van der Waals surface area contributed by atoms with Gasteiger partial charge in [-0.1, -0.05) is 0 Å². The highest BCUT2D eigenvalue weighted by molar-refractivity contribution is 5.77. The van der Waals surface area contributed by atoms with Crippen molar-refractivity contribution in [1.29, 1.82) is 0 Å². The van der Waals surface area contributed by atoms with E-state index >= 15 is 0 Å². The van der Waals surface area contributed by atoms with Crippen molar-refractivity contribution in [3.05, 3.63) is 24.4 Å². The molecule has 1 aliphatic heterocycles. The molecule has 0 radical (unpaired) electrons. The van der Waals surface area contributed by atoms with Gasteiger partial charge in [0.25, 0.3) is 5.92 Å². The van der Waals surface area contributed by atoms with Crippen LogP contribution < -0.4 is 10.1 Å². The molecule has 106 valence electrons. The summed E-state index contributed by atoms with van der Waals surface area (Å²) in [5.74, 6) is -3.30. The number of aromatic nitrogens is 3. The number of rotatable bonds is 3. The van der Waals surface area contributed by atoms with E-state index in [4.69, 9.17) is 4.74 Å². The molecule has 3 rings (SSSR count). The van der Waals surface area contributed by atoms with Crippen LogP contribution in [-0.2, 0) is 0 Å². The first-order chi connectivity index (χ1) is 9.53. The molecule has 0 saturated carbocycles. The van der Waals surface area contributed by atoms with E-state index in [1.165, 1.54) is 12.4 Å². The van der Waals surface area contributed by atoms with E-state index in [1.54, 1.807) is 0 Å². The Bertz CT molecular complexity index is 637. The summed E-state index contributed by atoms with van der Waals surface area (Å²) in [6.07, 6.45) is 3.56. The lowest BCUT2D eigenvalue weighted by molar-refractivity contribution is 0.0195. The average Bonchev–Trinajstić information content (AvgIpc) is 2.77. The summed E-state index contributed by atoms with van der Waals surface area (Å²) in [5.41, 5.74) is 0.0923. The number of hydrogen-bond acceptors (Lipinski definition) is 5. The van der Waals surface area contributed by atoms with Crippen LogP contribution in [0, 0.1) is 5.82 Å². The first-order valence-corrected chi connectivity index (χ1v) is 6.04. The van der Waals surface area contributed by atoms with Gasteiger partial charge in [0.15, 0.2) is 5.82 Å². The predicted molar refractivity (Wildman–Crippen MR) is 64.1 cm³/mol. The second-order valence-corrected chi connectivity index (χ2v) is 4.66. The number of nitrogens with one attached hydrogen (secondary N) is 1. The third-order valence-electron chi connectivity index (χ3n) is 3.03. The first-order valence-electron chi connectivity index (χ1n) is 6.04. The van der Waals surface area contributed by atoms with Crippen molar-refractivity contribution >= 4 is 10.9 Å². The molecular formula is C12H11F3N4O. The van der Waals surface area contributed by atoms with Crippen molar-refractivity contribution in [2.45, 2.75) is 18.4 Å². The zero-order chi connectivity index (χ0) is 14.2. The molecule has 0 amide bonds. The van der Waals surface area contributed by atoms with Crippen LogP contribution in [-0.4, -0.2) is 40.1 Å². The van der Waals surface area contributed by atoms with E-state index in [0.29, 0.717) is 5.39 Å². The van der Waals surface area contributed by atoms with Crippen molar-refractivity contribution in [2.75, 3.05) is 13.2 Å². The van der Waals surface area contributed by atoms with E-state index in [1.807, 2.05) is 0 Å². The van der Waals surface area contributed by atoms with Crippen molar-refractivity contribution in [3.63, 3.8) is 0 Å². The van der Waals surface area contributed by atoms with Crippen LogP contribution in [0.2, 0.25) is 0 Å². The number of alkyl halides is 2. The smallest absolute Gasteiger partial charge is 0.317 e. The molecule has 5 nitrogen and oxygen atoms in total. The van der Waals surface area contributed by atoms with Crippen molar-refractivity contribution in [1.82, 2.24) is 20.3 Å². The number of nitrogens with zero attached hydrogens (tertiary/aromatic N) is 3. The van der Waals surface area contributed by atoms with Gasteiger partial charge in [-0.25, -0.2) is 18.2 Å². The Labute approximate surface area is 112 Å². The van der Waals surface area contributed by atoms with Gasteiger partial charge in [0, 0.05) is 30.2 Å². The number of halogens is 3. The molecular weight excluding hydrogens is 273 g/mol. The minimum absolute atomic E-state index is 0.00774. The van der Waals surface area contributed by atoms with Crippen molar-refractivity contribution in [2.24, 2.45) is 0 Å². The Hall–Kier alpha value is -1.96. The molecule has 0 spiro atoms. The summed E-state index contributed by atoms with van der Waals surface area (Å²) < 4.78 is 44.7. The molecule has 3 heterocycles. The molecule has 0 aromatic carbocycles. The lowest BCUT2D eigenvalue weighted by Gasteiger charge is -2.11. The van der Waals surface area contributed by atoms with Gasteiger partial charge < -0.3 is 10.1 Å². The fraction of sp³-hybridized carbons (Fsp3) is 0.417. The van der Waals surface area contributed by atoms with Gasteiger partial charge >= 0.3 is 6.01 Å². The highest BCUT2D eigenvalue weighted by Crippen LogP contribution is 2.25. The zero-order valence-corrected chi connectivity index (χ0v) is 10.3. The second kappa shape index (κ2) is 4.86. The number of hydrogen-bond donors (Lipinski definition) is 1. The third kappa shape index (κ3) is 2.64. The minimum Gasteiger partial charge on any atom is -0.462 e. The summed E-state index contributed by atoms with van der Waals surface area (Å²) >= 11 is 0. The van der Waals surface area contributed by atoms with Crippen LogP contribution in [0.4, 0.5) is 13.2 Å². The third-order valence-corrected chi connectivity index (χ3v) is 3.03. The highest BCUT2D eigenvalue weighted by Gasteiger charge is 2.39. The van der Waals surface area contributed by atoms with Gasteiger partial charge in [-0.15, -0.1) is 0 Å². The van der Waals surface area contributed by atoms with Crippen LogP contribution in [0.1, 0.15) is 6.42 Å². The molecule has 0 unspecified atom stereocenters.